The van der Waals surface area contributed by atoms with Crippen LogP contribution in [0.4, 0.5) is 5.95 Å². The SMILES string of the molecule is Cc1cc(C(=O)NC2CC2)nc(N2CCN(Cc3ccccc3)CC2)n1. The van der Waals surface area contributed by atoms with Crippen LogP contribution in [0.15, 0.2) is 36.4 Å². The number of carbonyl (C=O) groups excluding carboxylic acids is 1. The minimum atomic E-state index is -0.0815. The Bertz CT molecular complexity index is 767. The lowest BCUT2D eigenvalue weighted by atomic mass is 10.2. The Kier molecular flexibility index (Phi) is 4.84. The second-order valence-electron chi connectivity index (χ2n) is 7.19. The molecule has 136 valence electrons. The van der Waals surface area contributed by atoms with Gasteiger partial charge in [-0.25, -0.2) is 9.97 Å². The number of nitrogens with one attached hydrogen (secondary N) is 1. The Labute approximate surface area is 154 Å². The zero-order chi connectivity index (χ0) is 17.9. The van der Waals surface area contributed by atoms with E-state index in [2.05, 4.69) is 49.4 Å². The fraction of sp³-hybridized carbons (Fsp3) is 0.450. The van der Waals surface area contributed by atoms with Crippen LogP contribution in [0.25, 0.3) is 0 Å². The van der Waals surface area contributed by atoms with Crippen LogP contribution in [-0.2, 0) is 6.54 Å². The highest BCUT2D eigenvalue weighted by molar-refractivity contribution is 5.93. The van der Waals surface area contributed by atoms with E-state index in [1.54, 1.807) is 6.07 Å². The van der Waals surface area contributed by atoms with Gasteiger partial charge < -0.3 is 10.2 Å². The Morgan fingerprint density at radius 3 is 2.54 bits per heavy atom. The number of hydrogen-bond acceptors (Lipinski definition) is 5. The molecule has 0 atom stereocenters. The number of hydrogen-bond donors (Lipinski definition) is 1. The highest BCUT2D eigenvalue weighted by Gasteiger charge is 2.25. The Morgan fingerprint density at radius 2 is 1.85 bits per heavy atom. The molecule has 1 aliphatic heterocycles. The van der Waals surface area contributed by atoms with Crippen molar-refractivity contribution in [3.8, 4) is 0 Å². The number of amides is 1. The van der Waals surface area contributed by atoms with E-state index < -0.39 is 0 Å². The third-order valence-corrected chi connectivity index (χ3v) is 4.89. The maximum absolute atomic E-state index is 12.3. The predicted molar refractivity (Wildman–Crippen MR) is 101 cm³/mol. The van der Waals surface area contributed by atoms with Gasteiger partial charge in [0.15, 0.2) is 0 Å². The summed E-state index contributed by atoms with van der Waals surface area (Å²) in [5.74, 6) is 0.590. The molecule has 1 aromatic carbocycles. The van der Waals surface area contributed by atoms with E-state index in [4.69, 9.17) is 0 Å². The van der Waals surface area contributed by atoms with Crippen molar-refractivity contribution in [1.82, 2.24) is 20.2 Å². The monoisotopic (exact) mass is 351 g/mol. The van der Waals surface area contributed by atoms with Gasteiger partial charge in [-0.15, -0.1) is 0 Å². The molecule has 2 aromatic rings. The number of benzene rings is 1. The highest BCUT2D eigenvalue weighted by atomic mass is 16.2. The zero-order valence-corrected chi connectivity index (χ0v) is 15.2. The van der Waals surface area contributed by atoms with Gasteiger partial charge in [-0.1, -0.05) is 30.3 Å². The predicted octanol–water partition coefficient (Wildman–Crippen LogP) is 2.00. The second kappa shape index (κ2) is 7.41. The van der Waals surface area contributed by atoms with Crippen LogP contribution in [0.1, 0.15) is 34.6 Å². The topological polar surface area (TPSA) is 61.4 Å². The van der Waals surface area contributed by atoms with Crippen LogP contribution in [0, 0.1) is 6.92 Å². The van der Waals surface area contributed by atoms with Crippen LogP contribution >= 0.6 is 0 Å². The van der Waals surface area contributed by atoms with Gasteiger partial charge in [0.05, 0.1) is 0 Å². The number of rotatable bonds is 5. The van der Waals surface area contributed by atoms with Crippen molar-refractivity contribution in [3.63, 3.8) is 0 Å². The van der Waals surface area contributed by atoms with Crippen molar-refractivity contribution in [2.24, 2.45) is 0 Å². The molecule has 2 aliphatic rings. The smallest absolute Gasteiger partial charge is 0.270 e. The molecule has 0 bridgehead atoms. The lowest BCUT2D eigenvalue weighted by Gasteiger charge is -2.34. The number of piperazine rings is 1. The third-order valence-electron chi connectivity index (χ3n) is 4.89. The minimum absolute atomic E-state index is 0.0815. The van der Waals surface area contributed by atoms with Crippen molar-refractivity contribution < 1.29 is 4.79 Å². The number of nitrogens with zero attached hydrogens (tertiary/aromatic N) is 4. The largest absolute Gasteiger partial charge is 0.348 e. The van der Waals surface area contributed by atoms with Crippen molar-refractivity contribution in [3.05, 3.63) is 53.3 Å². The first-order valence-corrected chi connectivity index (χ1v) is 9.35. The number of aryl methyl sites for hydroxylation is 1. The van der Waals surface area contributed by atoms with Gasteiger partial charge in [-0.2, -0.15) is 0 Å². The van der Waals surface area contributed by atoms with Crippen LogP contribution in [0.3, 0.4) is 0 Å². The molecule has 6 nitrogen and oxygen atoms in total. The summed E-state index contributed by atoms with van der Waals surface area (Å²) in [4.78, 5) is 26.0. The van der Waals surface area contributed by atoms with Gasteiger partial charge >= 0.3 is 0 Å². The lowest BCUT2D eigenvalue weighted by molar-refractivity contribution is 0.0946. The van der Waals surface area contributed by atoms with Crippen LogP contribution in [-0.4, -0.2) is 53.0 Å². The molecule has 2 heterocycles. The van der Waals surface area contributed by atoms with E-state index in [0.29, 0.717) is 17.7 Å². The first-order valence-electron chi connectivity index (χ1n) is 9.35. The maximum Gasteiger partial charge on any atom is 0.270 e. The summed E-state index contributed by atoms with van der Waals surface area (Å²) in [7, 11) is 0. The average molecular weight is 351 g/mol. The average Bonchev–Trinajstić information content (AvgIpc) is 3.47. The molecule has 4 rings (SSSR count). The quantitative estimate of drug-likeness (QED) is 0.893. The number of aromatic nitrogens is 2. The van der Waals surface area contributed by atoms with E-state index >= 15 is 0 Å². The molecule has 0 unspecified atom stereocenters. The second-order valence-corrected chi connectivity index (χ2v) is 7.19. The molecule has 1 amide bonds. The van der Waals surface area contributed by atoms with E-state index in [0.717, 1.165) is 51.3 Å². The number of anilines is 1. The lowest BCUT2D eigenvalue weighted by Crippen LogP contribution is -2.46. The Morgan fingerprint density at radius 1 is 1.12 bits per heavy atom. The molecule has 1 saturated carbocycles. The molecule has 26 heavy (non-hydrogen) atoms. The van der Waals surface area contributed by atoms with Crippen molar-refractivity contribution in [2.75, 3.05) is 31.1 Å². The molecule has 1 saturated heterocycles. The normalized spacial score (nSPS) is 18.0. The fourth-order valence-corrected chi connectivity index (χ4v) is 3.25. The minimum Gasteiger partial charge on any atom is -0.348 e. The molecular formula is C20H25N5O. The van der Waals surface area contributed by atoms with Crippen molar-refractivity contribution >= 4 is 11.9 Å². The summed E-state index contributed by atoms with van der Waals surface area (Å²) in [6, 6.07) is 12.7. The first kappa shape index (κ1) is 17.0. The van der Waals surface area contributed by atoms with Crippen LogP contribution < -0.4 is 10.2 Å². The Hall–Kier alpha value is -2.47. The van der Waals surface area contributed by atoms with E-state index in [1.165, 1.54) is 5.56 Å². The fourth-order valence-electron chi connectivity index (χ4n) is 3.25. The van der Waals surface area contributed by atoms with Crippen molar-refractivity contribution in [2.45, 2.75) is 32.4 Å². The molecule has 1 aromatic heterocycles. The van der Waals surface area contributed by atoms with Crippen molar-refractivity contribution in [1.29, 1.82) is 0 Å². The summed E-state index contributed by atoms with van der Waals surface area (Å²) < 4.78 is 0. The molecule has 2 fully saturated rings. The van der Waals surface area contributed by atoms with E-state index in [-0.39, 0.29) is 5.91 Å². The molecule has 1 N–H and O–H groups in total. The third kappa shape index (κ3) is 4.19. The standard InChI is InChI=1S/C20H25N5O/c1-15-13-18(19(26)22-17-7-8-17)23-20(21-15)25-11-9-24(10-12-25)14-16-5-3-2-4-6-16/h2-6,13,17H,7-12,14H2,1H3,(H,22,26). The summed E-state index contributed by atoms with van der Waals surface area (Å²) in [5, 5.41) is 3.01. The first-order chi connectivity index (χ1) is 12.7. The summed E-state index contributed by atoms with van der Waals surface area (Å²) in [6.07, 6.45) is 2.15. The van der Waals surface area contributed by atoms with Crippen LogP contribution in [0.5, 0.6) is 0 Å². The summed E-state index contributed by atoms with van der Waals surface area (Å²) in [6.45, 7) is 6.58. The Balaban J connectivity index is 1.39. The van der Waals surface area contributed by atoms with Gasteiger partial charge in [-0.05, 0) is 31.4 Å². The molecule has 0 radical (unpaired) electrons. The van der Waals surface area contributed by atoms with Gasteiger partial charge in [0.25, 0.3) is 5.91 Å². The van der Waals surface area contributed by atoms with E-state index in [1.807, 2.05) is 13.0 Å². The summed E-state index contributed by atoms with van der Waals surface area (Å²) in [5.41, 5.74) is 2.65. The molecule has 1 aliphatic carbocycles. The highest BCUT2D eigenvalue weighted by Crippen LogP contribution is 2.20. The van der Waals surface area contributed by atoms with Gasteiger partial charge in [0.1, 0.15) is 5.69 Å². The summed E-state index contributed by atoms with van der Waals surface area (Å²) >= 11 is 0. The maximum atomic E-state index is 12.3. The van der Waals surface area contributed by atoms with Gasteiger partial charge in [0, 0.05) is 44.5 Å². The molecule has 6 heteroatoms. The van der Waals surface area contributed by atoms with Gasteiger partial charge in [-0.3, -0.25) is 9.69 Å². The zero-order valence-electron chi connectivity index (χ0n) is 15.2. The molecule has 0 spiro atoms. The van der Waals surface area contributed by atoms with E-state index in [9.17, 15) is 4.79 Å². The molecular weight excluding hydrogens is 326 g/mol. The number of carbonyl (C=O) groups is 1. The van der Waals surface area contributed by atoms with Crippen LogP contribution in [0.2, 0.25) is 0 Å². The van der Waals surface area contributed by atoms with Gasteiger partial charge in [0.2, 0.25) is 5.95 Å².